The van der Waals surface area contributed by atoms with Crippen LogP contribution in [0.1, 0.15) is 19.4 Å². The Morgan fingerprint density at radius 2 is 2.11 bits per heavy atom. The van der Waals surface area contributed by atoms with Crippen LogP contribution in [0.4, 0.5) is 5.69 Å². The molecule has 1 aliphatic heterocycles. The molecule has 1 heterocycles. The van der Waals surface area contributed by atoms with Crippen LogP contribution < -0.4 is 15.5 Å². The zero-order chi connectivity index (χ0) is 14.0. The highest BCUT2D eigenvalue weighted by atomic mass is 16.2. The number of rotatable bonds is 3. The molecule has 0 bridgehead atoms. The van der Waals surface area contributed by atoms with Gasteiger partial charge < -0.3 is 15.5 Å². The van der Waals surface area contributed by atoms with Crippen molar-refractivity contribution in [2.75, 3.05) is 25.0 Å². The number of benzene rings is 1. The third kappa shape index (κ3) is 2.59. The highest BCUT2D eigenvalue weighted by molar-refractivity contribution is 5.88. The van der Waals surface area contributed by atoms with E-state index >= 15 is 0 Å². The molecule has 19 heavy (non-hydrogen) atoms. The Balaban J connectivity index is 2.46. The van der Waals surface area contributed by atoms with Gasteiger partial charge in [-0.1, -0.05) is 18.2 Å². The Hall–Kier alpha value is -1.55. The molecular weight excluding hydrogens is 238 g/mol. The lowest BCUT2D eigenvalue weighted by Crippen LogP contribution is -2.68. The number of aryl methyl sites for hydroxylation is 1. The molecule has 2 rings (SSSR count). The van der Waals surface area contributed by atoms with Crippen molar-refractivity contribution in [1.29, 1.82) is 0 Å². The van der Waals surface area contributed by atoms with E-state index in [9.17, 15) is 4.79 Å². The second-order valence-electron chi connectivity index (χ2n) is 5.76. The van der Waals surface area contributed by atoms with Crippen molar-refractivity contribution in [3.05, 3.63) is 29.8 Å². The largest absolute Gasteiger partial charge is 0.352 e. The first kappa shape index (κ1) is 13.9. The number of anilines is 1. The molecule has 1 amide bonds. The summed E-state index contributed by atoms with van der Waals surface area (Å²) in [6.45, 7) is 7.74. The van der Waals surface area contributed by atoms with E-state index in [2.05, 4.69) is 48.4 Å². The fourth-order valence-corrected chi connectivity index (χ4v) is 2.75. The number of hydrogen-bond donors (Lipinski definition) is 2. The van der Waals surface area contributed by atoms with E-state index in [0.717, 1.165) is 5.69 Å². The lowest BCUT2D eigenvalue weighted by Gasteiger charge is -2.49. The number of carbonyl (C=O) groups is 1. The summed E-state index contributed by atoms with van der Waals surface area (Å²) >= 11 is 0. The van der Waals surface area contributed by atoms with Gasteiger partial charge in [-0.05, 0) is 39.4 Å². The first-order valence-corrected chi connectivity index (χ1v) is 6.74. The van der Waals surface area contributed by atoms with Crippen molar-refractivity contribution in [2.24, 2.45) is 0 Å². The monoisotopic (exact) mass is 261 g/mol. The maximum absolute atomic E-state index is 12.2. The predicted octanol–water partition coefficient (Wildman–Crippen LogP) is 1.30. The van der Waals surface area contributed by atoms with Crippen LogP contribution in [0, 0.1) is 6.92 Å². The van der Waals surface area contributed by atoms with Crippen LogP contribution in [0.25, 0.3) is 0 Å². The number of piperazine rings is 1. The average Bonchev–Trinajstić information content (AvgIpc) is 2.36. The van der Waals surface area contributed by atoms with Gasteiger partial charge in [0.2, 0.25) is 5.91 Å². The Morgan fingerprint density at radius 1 is 1.42 bits per heavy atom. The molecule has 4 nitrogen and oxygen atoms in total. The maximum Gasteiger partial charge on any atom is 0.244 e. The topological polar surface area (TPSA) is 44.4 Å². The Kier molecular flexibility index (Phi) is 3.80. The van der Waals surface area contributed by atoms with Crippen molar-refractivity contribution in [3.63, 3.8) is 0 Å². The SMILES string of the molecule is CNCC1C(=O)NCC(C)(C)N1c1ccccc1C. The summed E-state index contributed by atoms with van der Waals surface area (Å²) < 4.78 is 0. The fourth-order valence-electron chi connectivity index (χ4n) is 2.75. The van der Waals surface area contributed by atoms with Crippen LogP contribution in [0.2, 0.25) is 0 Å². The molecule has 1 unspecified atom stereocenters. The van der Waals surface area contributed by atoms with Crippen LogP contribution in [0.3, 0.4) is 0 Å². The Labute approximate surface area is 115 Å². The van der Waals surface area contributed by atoms with Crippen LogP contribution in [-0.4, -0.2) is 37.6 Å². The van der Waals surface area contributed by atoms with Crippen molar-refractivity contribution >= 4 is 11.6 Å². The molecule has 4 heteroatoms. The summed E-state index contributed by atoms with van der Waals surface area (Å²) in [5, 5.41) is 6.13. The second kappa shape index (κ2) is 5.21. The number of carbonyl (C=O) groups excluding carboxylic acids is 1. The van der Waals surface area contributed by atoms with Crippen LogP contribution in [0.15, 0.2) is 24.3 Å². The number of para-hydroxylation sites is 1. The highest BCUT2D eigenvalue weighted by Gasteiger charge is 2.41. The van der Waals surface area contributed by atoms with E-state index in [1.807, 2.05) is 19.2 Å². The van der Waals surface area contributed by atoms with Gasteiger partial charge in [-0.25, -0.2) is 0 Å². The molecule has 0 aromatic heterocycles. The third-order valence-corrected chi connectivity index (χ3v) is 3.73. The maximum atomic E-state index is 12.2. The van der Waals surface area contributed by atoms with Crippen molar-refractivity contribution in [3.8, 4) is 0 Å². The van der Waals surface area contributed by atoms with Gasteiger partial charge in [0.25, 0.3) is 0 Å². The third-order valence-electron chi connectivity index (χ3n) is 3.73. The number of amides is 1. The smallest absolute Gasteiger partial charge is 0.244 e. The quantitative estimate of drug-likeness (QED) is 0.862. The minimum absolute atomic E-state index is 0.0944. The zero-order valence-electron chi connectivity index (χ0n) is 12.2. The number of nitrogens with zero attached hydrogens (tertiary/aromatic N) is 1. The molecule has 2 N–H and O–H groups in total. The molecule has 0 radical (unpaired) electrons. The molecule has 1 aromatic carbocycles. The van der Waals surface area contributed by atoms with Gasteiger partial charge in [0.05, 0.1) is 5.54 Å². The van der Waals surface area contributed by atoms with Gasteiger partial charge in [-0.3, -0.25) is 4.79 Å². The van der Waals surface area contributed by atoms with Crippen LogP contribution in [0.5, 0.6) is 0 Å². The molecule has 0 saturated carbocycles. The highest BCUT2D eigenvalue weighted by Crippen LogP contribution is 2.31. The van der Waals surface area contributed by atoms with E-state index in [4.69, 9.17) is 0 Å². The standard InChI is InChI=1S/C15H23N3O/c1-11-7-5-6-8-12(11)18-13(9-16-4)14(19)17-10-15(18,2)3/h5-8,13,16H,9-10H2,1-4H3,(H,17,19). The predicted molar refractivity (Wildman–Crippen MR) is 78.5 cm³/mol. The van der Waals surface area contributed by atoms with E-state index in [1.54, 1.807) is 0 Å². The van der Waals surface area contributed by atoms with E-state index < -0.39 is 0 Å². The molecule has 104 valence electrons. The van der Waals surface area contributed by atoms with Crippen LogP contribution >= 0.6 is 0 Å². The van der Waals surface area contributed by atoms with Crippen molar-refractivity contribution in [2.45, 2.75) is 32.4 Å². The van der Waals surface area contributed by atoms with Gasteiger partial charge in [0.15, 0.2) is 0 Å². The molecule has 1 fully saturated rings. The Morgan fingerprint density at radius 3 is 2.74 bits per heavy atom. The minimum atomic E-state index is -0.171. The molecule has 1 atom stereocenters. The second-order valence-corrected chi connectivity index (χ2v) is 5.76. The number of likely N-dealkylation sites (N-methyl/N-ethyl adjacent to an activating group) is 1. The van der Waals surface area contributed by atoms with E-state index in [-0.39, 0.29) is 17.5 Å². The molecular formula is C15H23N3O. The van der Waals surface area contributed by atoms with Crippen LogP contribution in [-0.2, 0) is 4.79 Å². The zero-order valence-corrected chi connectivity index (χ0v) is 12.2. The van der Waals surface area contributed by atoms with Gasteiger partial charge >= 0.3 is 0 Å². The lowest BCUT2D eigenvalue weighted by atomic mass is 9.93. The number of nitrogens with one attached hydrogen (secondary N) is 2. The van der Waals surface area contributed by atoms with Gasteiger partial charge in [0.1, 0.15) is 6.04 Å². The number of hydrogen-bond acceptors (Lipinski definition) is 3. The Bertz CT molecular complexity index is 470. The summed E-state index contributed by atoms with van der Waals surface area (Å²) in [5.41, 5.74) is 2.25. The summed E-state index contributed by atoms with van der Waals surface area (Å²) in [5.74, 6) is 0.0944. The minimum Gasteiger partial charge on any atom is -0.352 e. The van der Waals surface area contributed by atoms with Crippen molar-refractivity contribution < 1.29 is 4.79 Å². The van der Waals surface area contributed by atoms with E-state index in [0.29, 0.717) is 13.1 Å². The summed E-state index contributed by atoms with van der Waals surface area (Å²) in [4.78, 5) is 14.4. The normalized spacial score (nSPS) is 22.2. The molecule has 1 aromatic rings. The first-order chi connectivity index (χ1) is 8.97. The van der Waals surface area contributed by atoms with E-state index in [1.165, 1.54) is 5.56 Å². The first-order valence-electron chi connectivity index (χ1n) is 6.74. The summed E-state index contributed by atoms with van der Waals surface area (Å²) in [6, 6.07) is 8.08. The fraction of sp³-hybridized carbons (Fsp3) is 0.533. The van der Waals surface area contributed by atoms with Gasteiger partial charge in [0, 0.05) is 18.8 Å². The van der Waals surface area contributed by atoms with Gasteiger partial charge in [-0.15, -0.1) is 0 Å². The van der Waals surface area contributed by atoms with Crippen molar-refractivity contribution in [1.82, 2.24) is 10.6 Å². The summed E-state index contributed by atoms with van der Waals surface area (Å²) in [6.07, 6.45) is 0. The summed E-state index contributed by atoms with van der Waals surface area (Å²) in [7, 11) is 1.88. The molecule has 0 aliphatic carbocycles. The average molecular weight is 261 g/mol. The molecule has 1 aliphatic rings. The van der Waals surface area contributed by atoms with Gasteiger partial charge in [-0.2, -0.15) is 0 Å². The lowest BCUT2D eigenvalue weighted by molar-refractivity contribution is -0.124. The molecule has 0 spiro atoms. The molecule has 1 saturated heterocycles.